The SMILES string of the molecule is Cc1cc(C(=O)N2CCN(C(COc3ccccc3)c3ccccc3)CC2)no1. The van der Waals surface area contributed by atoms with Crippen molar-refractivity contribution >= 4 is 5.91 Å². The Labute approximate surface area is 170 Å². The molecule has 3 aromatic rings. The van der Waals surface area contributed by atoms with Gasteiger partial charge in [-0.3, -0.25) is 9.69 Å². The summed E-state index contributed by atoms with van der Waals surface area (Å²) in [5.74, 6) is 1.44. The maximum atomic E-state index is 12.6. The van der Waals surface area contributed by atoms with Crippen molar-refractivity contribution in [1.29, 1.82) is 0 Å². The van der Waals surface area contributed by atoms with E-state index in [1.165, 1.54) is 5.56 Å². The molecule has 1 amide bonds. The molecule has 0 N–H and O–H groups in total. The van der Waals surface area contributed by atoms with Gasteiger partial charge in [-0.15, -0.1) is 0 Å². The Morgan fingerprint density at radius 3 is 2.31 bits per heavy atom. The summed E-state index contributed by atoms with van der Waals surface area (Å²) >= 11 is 0. The maximum Gasteiger partial charge on any atom is 0.276 e. The molecule has 6 heteroatoms. The lowest BCUT2D eigenvalue weighted by molar-refractivity contribution is 0.0491. The molecule has 2 heterocycles. The second-order valence-electron chi connectivity index (χ2n) is 7.20. The number of aromatic nitrogens is 1. The highest BCUT2D eigenvalue weighted by atomic mass is 16.5. The number of carbonyl (C=O) groups is 1. The third-order valence-electron chi connectivity index (χ3n) is 5.22. The first-order valence-electron chi connectivity index (χ1n) is 9.90. The summed E-state index contributed by atoms with van der Waals surface area (Å²) in [5.41, 5.74) is 1.60. The number of aryl methyl sites for hydroxylation is 1. The van der Waals surface area contributed by atoms with Crippen LogP contribution in [-0.2, 0) is 0 Å². The van der Waals surface area contributed by atoms with Gasteiger partial charge >= 0.3 is 0 Å². The number of para-hydroxylation sites is 1. The Balaban J connectivity index is 1.42. The molecule has 1 unspecified atom stereocenters. The topological polar surface area (TPSA) is 58.8 Å². The molecule has 1 saturated heterocycles. The Morgan fingerprint density at radius 2 is 1.69 bits per heavy atom. The summed E-state index contributed by atoms with van der Waals surface area (Å²) in [6, 6.07) is 22.1. The van der Waals surface area contributed by atoms with Crippen molar-refractivity contribution in [2.75, 3.05) is 32.8 Å². The van der Waals surface area contributed by atoms with Crippen LogP contribution in [0.15, 0.2) is 71.3 Å². The minimum absolute atomic E-state index is 0.0710. The van der Waals surface area contributed by atoms with Crippen LogP contribution in [0.3, 0.4) is 0 Å². The average molecular weight is 391 g/mol. The van der Waals surface area contributed by atoms with Crippen LogP contribution in [0.25, 0.3) is 0 Å². The molecule has 1 fully saturated rings. The summed E-state index contributed by atoms with van der Waals surface area (Å²) in [4.78, 5) is 16.9. The van der Waals surface area contributed by atoms with E-state index < -0.39 is 0 Å². The fourth-order valence-electron chi connectivity index (χ4n) is 3.65. The Bertz CT molecular complexity index is 919. The lowest BCUT2D eigenvalue weighted by atomic mass is 10.0. The van der Waals surface area contributed by atoms with Gasteiger partial charge in [-0.2, -0.15) is 0 Å². The van der Waals surface area contributed by atoms with Crippen molar-refractivity contribution in [3.63, 3.8) is 0 Å². The van der Waals surface area contributed by atoms with Crippen molar-refractivity contribution in [3.8, 4) is 5.75 Å². The van der Waals surface area contributed by atoms with Gasteiger partial charge in [0.1, 0.15) is 18.1 Å². The first kappa shape index (κ1) is 19.2. The minimum Gasteiger partial charge on any atom is -0.492 e. The van der Waals surface area contributed by atoms with Crippen LogP contribution in [-0.4, -0.2) is 53.6 Å². The molecule has 1 aliphatic rings. The molecule has 2 aromatic carbocycles. The maximum absolute atomic E-state index is 12.6. The van der Waals surface area contributed by atoms with Crippen molar-refractivity contribution in [3.05, 3.63) is 83.7 Å². The first-order chi connectivity index (χ1) is 14.2. The smallest absolute Gasteiger partial charge is 0.276 e. The van der Waals surface area contributed by atoms with Gasteiger partial charge < -0.3 is 14.2 Å². The molecule has 1 aliphatic heterocycles. The summed E-state index contributed by atoms with van der Waals surface area (Å²) in [5, 5.41) is 3.86. The fraction of sp³-hybridized carbons (Fsp3) is 0.304. The monoisotopic (exact) mass is 391 g/mol. The van der Waals surface area contributed by atoms with E-state index in [4.69, 9.17) is 9.26 Å². The zero-order chi connectivity index (χ0) is 20.1. The summed E-state index contributed by atoms with van der Waals surface area (Å²) in [6.45, 7) is 5.21. The molecule has 0 saturated carbocycles. The number of carbonyl (C=O) groups excluding carboxylic acids is 1. The minimum atomic E-state index is -0.0710. The zero-order valence-corrected chi connectivity index (χ0v) is 16.5. The number of ether oxygens (including phenoxy) is 1. The van der Waals surface area contributed by atoms with Crippen LogP contribution in [0.2, 0.25) is 0 Å². The number of amides is 1. The Hall–Kier alpha value is -3.12. The van der Waals surface area contributed by atoms with Crippen LogP contribution in [0.4, 0.5) is 0 Å². The number of benzene rings is 2. The highest BCUT2D eigenvalue weighted by Crippen LogP contribution is 2.24. The molecule has 150 valence electrons. The highest BCUT2D eigenvalue weighted by molar-refractivity contribution is 5.92. The zero-order valence-electron chi connectivity index (χ0n) is 16.5. The average Bonchev–Trinajstić information content (AvgIpc) is 3.22. The summed E-state index contributed by atoms with van der Waals surface area (Å²) < 4.78 is 11.1. The molecule has 0 radical (unpaired) electrons. The number of hydrogen-bond acceptors (Lipinski definition) is 5. The van der Waals surface area contributed by atoms with E-state index in [0.29, 0.717) is 31.2 Å². The van der Waals surface area contributed by atoms with Gasteiger partial charge in [0.05, 0.1) is 6.04 Å². The third-order valence-corrected chi connectivity index (χ3v) is 5.22. The molecule has 29 heavy (non-hydrogen) atoms. The van der Waals surface area contributed by atoms with Gasteiger partial charge in [-0.25, -0.2) is 0 Å². The van der Waals surface area contributed by atoms with Crippen molar-refractivity contribution in [2.24, 2.45) is 0 Å². The van der Waals surface area contributed by atoms with Crippen LogP contribution in [0, 0.1) is 6.92 Å². The summed E-state index contributed by atoms with van der Waals surface area (Å²) in [7, 11) is 0. The fourth-order valence-corrected chi connectivity index (χ4v) is 3.65. The molecule has 0 bridgehead atoms. The van der Waals surface area contributed by atoms with Gasteiger partial charge in [0.15, 0.2) is 5.69 Å². The molecular weight excluding hydrogens is 366 g/mol. The number of piperazine rings is 1. The van der Waals surface area contributed by atoms with Crippen molar-refractivity contribution in [2.45, 2.75) is 13.0 Å². The van der Waals surface area contributed by atoms with E-state index in [-0.39, 0.29) is 11.9 Å². The van der Waals surface area contributed by atoms with Crippen LogP contribution >= 0.6 is 0 Å². The normalized spacial score (nSPS) is 15.8. The predicted molar refractivity (Wildman–Crippen MR) is 110 cm³/mol. The van der Waals surface area contributed by atoms with E-state index in [2.05, 4.69) is 34.3 Å². The molecular formula is C23H25N3O3. The van der Waals surface area contributed by atoms with Crippen LogP contribution in [0.1, 0.15) is 27.9 Å². The lowest BCUT2D eigenvalue weighted by Gasteiger charge is -2.39. The van der Waals surface area contributed by atoms with E-state index in [1.807, 2.05) is 41.3 Å². The Morgan fingerprint density at radius 1 is 1.03 bits per heavy atom. The summed E-state index contributed by atoms with van der Waals surface area (Å²) in [6.07, 6.45) is 0. The molecule has 4 rings (SSSR count). The highest BCUT2D eigenvalue weighted by Gasteiger charge is 2.29. The molecule has 0 spiro atoms. The molecule has 1 atom stereocenters. The first-order valence-corrected chi connectivity index (χ1v) is 9.90. The largest absolute Gasteiger partial charge is 0.492 e. The van der Waals surface area contributed by atoms with Crippen LogP contribution in [0.5, 0.6) is 5.75 Å². The van der Waals surface area contributed by atoms with Crippen LogP contribution < -0.4 is 4.74 Å². The van der Waals surface area contributed by atoms with E-state index in [0.717, 1.165) is 18.8 Å². The lowest BCUT2D eigenvalue weighted by Crippen LogP contribution is -2.50. The third kappa shape index (κ3) is 4.66. The van der Waals surface area contributed by atoms with Crippen molar-refractivity contribution in [1.82, 2.24) is 15.0 Å². The second-order valence-corrected chi connectivity index (χ2v) is 7.20. The van der Waals surface area contributed by atoms with Gasteiger partial charge in [-0.05, 0) is 24.6 Å². The standard InChI is InChI=1S/C23H25N3O3/c1-18-16-21(24-29-18)23(27)26-14-12-25(13-15-26)22(19-8-4-2-5-9-19)17-28-20-10-6-3-7-11-20/h2-11,16,22H,12-15,17H2,1H3. The van der Waals surface area contributed by atoms with Crippen molar-refractivity contribution < 1.29 is 14.1 Å². The van der Waals surface area contributed by atoms with Gasteiger partial charge in [-0.1, -0.05) is 53.7 Å². The van der Waals surface area contributed by atoms with Gasteiger partial charge in [0, 0.05) is 32.2 Å². The van der Waals surface area contributed by atoms with Gasteiger partial charge in [0.25, 0.3) is 5.91 Å². The van der Waals surface area contributed by atoms with E-state index in [9.17, 15) is 4.79 Å². The number of rotatable bonds is 6. The second kappa shape index (κ2) is 8.92. The number of hydrogen-bond donors (Lipinski definition) is 0. The Kier molecular flexibility index (Phi) is 5.91. The van der Waals surface area contributed by atoms with Gasteiger partial charge in [0.2, 0.25) is 0 Å². The predicted octanol–water partition coefficient (Wildman–Crippen LogP) is 3.56. The molecule has 1 aromatic heterocycles. The van der Waals surface area contributed by atoms with E-state index >= 15 is 0 Å². The molecule has 6 nitrogen and oxygen atoms in total. The number of nitrogens with zero attached hydrogens (tertiary/aromatic N) is 3. The molecule has 0 aliphatic carbocycles. The van der Waals surface area contributed by atoms with E-state index in [1.54, 1.807) is 13.0 Å². The quantitative estimate of drug-likeness (QED) is 0.643.